The van der Waals surface area contributed by atoms with E-state index in [-0.39, 0.29) is 11.9 Å². The van der Waals surface area contributed by atoms with Gasteiger partial charge in [-0.05, 0) is 26.2 Å². The van der Waals surface area contributed by atoms with E-state index in [1.54, 1.807) is 6.92 Å². The minimum atomic E-state index is -0.811. The van der Waals surface area contributed by atoms with Crippen LogP contribution < -0.4 is 5.32 Å². The SMILES string of the molecule is CCC(C)(C)C(=O)NC1CCCC1(C)C(=O)O. The van der Waals surface area contributed by atoms with Crippen LogP contribution in [0.4, 0.5) is 0 Å². The fourth-order valence-corrected chi connectivity index (χ4v) is 2.17. The van der Waals surface area contributed by atoms with Crippen molar-refractivity contribution in [1.29, 1.82) is 0 Å². The van der Waals surface area contributed by atoms with Gasteiger partial charge < -0.3 is 10.4 Å². The molecule has 1 aliphatic carbocycles. The van der Waals surface area contributed by atoms with E-state index in [0.717, 1.165) is 19.3 Å². The molecule has 2 unspecified atom stereocenters. The maximum atomic E-state index is 12.1. The second kappa shape index (κ2) is 4.67. The Morgan fingerprint density at radius 1 is 1.47 bits per heavy atom. The highest BCUT2D eigenvalue weighted by molar-refractivity contribution is 5.83. The van der Waals surface area contributed by atoms with E-state index in [2.05, 4.69) is 5.32 Å². The Balaban J connectivity index is 2.75. The summed E-state index contributed by atoms with van der Waals surface area (Å²) in [6, 6.07) is -0.238. The molecule has 0 bridgehead atoms. The van der Waals surface area contributed by atoms with Gasteiger partial charge in [-0.1, -0.05) is 27.2 Å². The second-order valence-corrected chi connectivity index (χ2v) is 5.88. The third-order valence-corrected chi connectivity index (χ3v) is 4.25. The van der Waals surface area contributed by atoms with Gasteiger partial charge >= 0.3 is 5.97 Å². The second-order valence-electron chi connectivity index (χ2n) is 5.88. The highest BCUT2D eigenvalue weighted by Crippen LogP contribution is 2.38. The molecular weight excluding hydrogens is 218 g/mol. The number of amides is 1. The first-order valence-electron chi connectivity index (χ1n) is 6.28. The summed E-state index contributed by atoms with van der Waals surface area (Å²) >= 11 is 0. The molecule has 17 heavy (non-hydrogen) atoms. The third kappa shape index (κ3) is 2.61. The number of aliphatic carboxylic acids is 1. The number of carbonyl (C=O) groups excluding carboxylic acids is 1. The Bertz CT molecular complexity index is 325. The van der Waals surface area contributed by atoms with Crippen molar-refractivity contribution in [2.24, 2.45) is 10.8 Å². The molecule has 4 heteroatoms. The number of carbonyl (C=O) groups is 2. The molecule has 4 nitrogen and oxygen atoms in total. The standard InChI is InChI=1S/C13H23NO3/c1-5-12(2,3)10(15)14-9-7-6-8-13(9,4)11(16)17/h9H,5-8H2,1-4H3,(H,14,15)(H,16,17). The van der Waals surface area contributed by atoms with Crippen molar-refractivity contribution < 1.29 is 14.7 Å². The molecule has 0 aromatic heterocycles. The highest BCUT2D eigenvalue weighted by atomic mass is 16.4. The zero-order valence-corrected chi connectivity index (χ0v) is 11.2. The molecule has 1 rings (SSSR count). The van der Waals surface area contributed by atoms with Gasteiger partial charge in [-0.15, -0.1) is 0 Å². The average Bonchev–Trinajstić information content (AvgIpc) is 2.61. The van der Waals surface area contributed by atoms with Crippen LogP contribution in [0.1, 0.15) is 53.4 Å². The van der Waals surface area contributed by atoms with Gasteiger partial charge in [0.15, 0.2) is 0 Å². The fraction of sp³-hybridized carbons (Fsp3) is 0.846. The van der Waals surface area contributed by atoms with Gasteiger partial charge in [-0.3, -0.25) is 9.59 Å². The van der Waals surface area contributed by atoms with E-state index >= 15 is 0 Å². The Hall–Kier alpha value is -1.06. The zero-order valence-electron chi connectivity index (χ0n) is 11.2. The predicted molar refractivity (Wildman–Crippen MR) is 65.6 cm³/mol. The number of carboxylic acid groups (broad SMARTS) is 1. The summed E-state index contributed by atoms with van der Waals surface area (Å²) < 4.78 is 0. The molecule has 0 saturated heterocycles. The lowest BCUT2D eigenvalue weighted by Gasteiger charge is -2.31. The van der Waals surface area contributed by atoms with Crippen LogP contribution >= 0.6 is 0 Å². The number of carboxylic acids is 1. The van der Waals surface area contributed by atoms with Crippen LogP contribution in [0.2, 0.25) is 0 Å². The number of rotatable bonds is 4. The largest absolute Gasteiger partial charge is 0.481 e. The molecule has 0 spiro atoms. The highest BCUT2D eigenvalue weighted by Gasteiger charge is 2.46. The van der Waals surface area contributed by atoms with Crippen LogP contribution in [-0.2, 0) is 9.59 Å². The topological polar surface area (TPSA) is 66.4 Å². The lowest BCUT2D eigenvalue weighted by molar-refractivity contribution is -0.149. The minimum Gasteiger partial charge on any atom is -0.481 e. The summed E-state index contributed by atoms with van der Waals surface area (Å²) in [5.41, 5.74) is -1.23. The lowest BCUT2D eigenvalue weighted by atomic mass is 9.83. The van der Waals surface area contributed by atoms with Crippen molar-refractivity contribution in [1.82, 2.24) is 5.32 Å². The Kier molecular flexibility index (Phi) is 3.84. The molecule has 2 N–H and O–H groups in total. The van der Waals surface area contributed by atoms with E-state index in [4.69, 9.17) is 0 Å². The van der Waals surface area contributed by atoms with Crippen LogP contribution in [0, 0.1) is 10.8 Å². The third-order valence-electron chi connectivity index (χ3n) is 4.25. The number of nitrogens with one attached hydrogen (secondary N) is 1. The first-order chi connectivity index (χ1) is 7.74. The van der Waals surface area contributed by atoms with E-state index in [9.17, 15) is 14.7 Å². The quantitative estimate of drug-likeness (QED) is 0.792. The van der Waals surface area contributed by atoms with Crippen LogP contribution in [0.5, 0.6) is 0 Å². The molecule has 0 heterocycles. The Labute approximate surface area is 103 Å². The lowest BCUT2D eigenvalue weighted by Crippen LogP contribution is -2.50. The van der Waals surface area contributed by atoms with Gasteiger partial charge in [0.2, 0.25) is 5.91 Å². The van der Waals surface area contributed by atoms with Gasteiger partial charge in [-0.2, -0.15) is 0 Å². The van der Waals surface area contributed by atoms with Crippen LogP contribution in [0.25, 0.3) is 0 Å². The van der Waals surface area contributed by atoms with Crippen molar-refractivity contribution in [3.8, 4) is 0 Å². The van der Waals surface area contributed by atoms with Crippen molar-refractivity contribution in [3.05, 3.63) is 0 Å². The van der Waals surface area contributed by atoms with E-state index in [1.807, 2.05) is 20.8 Å². The molecule has 1 fully saturated rings. The van der Waals surface area contributed by atoms with E-state index in [1.165, 1.54) is 0 Å². The molecule has 1 aliphatic rings. The van der Waals surface area contributed by atoms with Gasteiger partial charge in [-0.25, -0.2) is 0 Å². The van der Waals surface area contributed by atoms with Crippen molar-refractivity contribution in [3.63, 3.8) is 0 Å². The molecule has 0 aromatic rings. The first kappa shape index (κ1) is 14.0. The smallest absolute Gasteiger partial charge is 0.311 e. The fourth-order valence-electron chi connectivity index (χ4n) is 2.17. The molecular formula is C13H23NO3. The summed E-state index contributed by atoms with van der Waals surface area (Å²) in [5, 5.41) is 12.2. The van der Waals surface area contributed by atoms with Crippen LogP contribution in [0.3, 0.4) is 0 Å². The van der Waals surface area contributed by atoms with Gasteiger partial charge in [0, 0.05) is 11.5 Å². The Morgan fingerprint density at radius 2 is 2.06 bits per heavy atom. The normalized spacial score (nSPS) is 29.1. The molecule has 0 aromatic carbocycles. The van der Waals surface area contributed by atoms with Crippen molar-refractivity contribution in [2.75, 3.05) is 0 Å². The summed E-state index contributed by atoms with van der Waals surface area (Å²) in [5.74, 6) is -0.853. The van der Waals surface area contributed by atoms with E-state index < -0.39 is 16.8 Å². The number of hydrogen-bond donors (Lipinski definition) is 2. The molecule has 0 radical (unpaired) electrons. The summed E-state index contributed by atoms with van der Waals surface area (Å²) in [6.45, 7) is 7.46. The predicted octanol–water partition coefficient (Wildman–Crippen LogP) is 2.18. The van der Waals surface area contributed by atoms with Crippen LogP contribution in [0.15, 0.2) is 0 Å². The van der Waals surface area contributed by atoms with Crippen molar-refractivity contribution >= 4 is 11.9 Å². The zero-order chi connectivity index (χ0) is 13.3. The maximum Gasteiger partial charge on any atom is 0.311 e. The average molecular weight is 241 g/mol. The first-order valence-corrected chi connectivity index (χ1v) is 6.28. The van der Waals surface area contributed by atoms with Gasteiger partial charge in [0.25, 0.3) is 0 Å². The maximum absolute atomic E-state index is 12.1. The summed E-state index contributed by atoms with van der Waals surface area (Å²) in [4.78, 5) is 23.3. The summed E-state index contributed by atoms with van der Waals surface area (Å²) in [6.07, 6.45) is 3.00. The molecule has 1 amide bonds. The Morgan fingerprint density at radius 3 is 2.53 bits per heavy atom. The number of hydrogen-bond acceptors (Lipinski definition) is 2. The minimum absolute atomic E-state index is 0.0422. The van der Waals surface area contributed by atoms with E-state index in [0.29, 0.717) is 6.42 Å². The monoisotopic (exact) mass is 241 g/mol. The van der Waals surface area contributed by atoms with Gasteiger partial charge in [0.1, 0.15) is 0 Å². The molecule has 1 saturated carbocycles. The van der Waals surface area contributed by atoms with Gasteiger partial charge in [0.05, 0.1) is 5.41 Å². The molecule has 2 atom stereocenters. The van der Waals surface area contributed by atoms with Crippen molar-refractivity contribution in [2.45, 2.75) is 59.4 Å². The summed E-state index contributed by atoms with van der Waals surface area (Å²) in [7, 11) is 0. The molecule has 0 aliphatic heterocycles. The van der Waals surface area contributed by atoms with Crippen LogP contribution in [-0.4, -0.2) is 23.0 Å². The molecule has 98 valence electrons.